The Balaban J connectivity index is 2.90. The molecule has 0 bridgehead atoms. The fraction of sp³-hybridized carbons (Fsp3) is 0.0909. The molecule has 1 aromatic heterocycles. The number of hydrogen-bond donors (Lipinski definition) is 0. The smallest absolute Gasteiger partial charge is 0.268 e. The number of para-hydroxylation sites is 1. The number of rotatable bonds is 1. The molecule has 88 valence electrons. The summed E-state index contributed by atoms with van der Waals surface area (Å²) in [7, 11) is 1.51. The second kappa shape index (κ2) is 4.50. The SMILES string of the molecule is Cn1c(=O)cc(Br)c(=O)n1-c1ccccc1Cl. The minimum absolute atomic E-state index is 0.209. The van der Waals surface area contributed by atoms with Crippen LogP contribution in [0.2, 0.25) is 5.02 Å². The summed E-state index contributed by atoms with van der Waals surface area (Å²) >= 11 is 9.08. The number of nitrogens with zero attached hydrogens (tertiary/aromatic N) is 2. The van der Waals surface area contributed by atoms with Crippen molar-refractivity contribution in [2.75, 3.05) is 0 Å². The zero-order valence-electron chi connectivity index (χ0n) is 8.85. The monoisotopic (exact) mass is 314 g/mol. The quantitative estimate of drug-likeness (QED) is 0.807. The molecule has 0 radical (unpaired) electrons. The van der Waals surface area contributed by atoms with Crippen LogP contribution in [0.1, 0.15) is 0 Å². The number of aromatic nitrogens is 2. The first kappa shape index (κ1) is 12.1. The van der Waals surface area contributed by atoms with Crippen molar-refractivity contribution >= 4 is 27.5 Å². The molecular formula is C11H8BrClN2O2. The van der Waals surface area contributed by atoms with Crippen molar-refractivity contribution in [1.29, 1.82) is 0 Å². The lowest BCUT2D eigenvalue weighted by atomic mass is 10.3. The Morgan fingerprint density at radius 3 is 2.53 bits per heavy atom. The van der Waals surface area contributed by atoms with Gasteiger partial charge in [-0.3, -0.25) is 9.59 Å². The molecule has 0 amide bonds. The molecule has 0 aliphatic heterocycles. The Morgan fingerprint density at radius 1 is 1.24 bits per heavy atom. The Labute approximate surface area is 110 Å². The summed E-state index contributed by atoms with van der Waals surface area (Å²) in [6.45, 7) is 0. The van der Waals surface area contributed by atoms with E-state index in [-0.39, 0.29) is 15.6 Å². The Bertz CT molecular complexity index is 691. The minimum Gasteiger partial charge on any atom is -0.268 e. The van der Waals surface area contributed by atoms with Crippen molar-refractivity contribution in [3.63, 3.8) is 0 Å². The Morgan fingerprint density at radius 2 is 1.88 bits per heavy atom. The molecule has 6 heteroatoms. The van der Waals surface area contributed by atoms with Gasteiger partial charge in [-0.25, -0.2) is 9.36 Å². The van der Waals surface area contributed by atoms with Gasteiger partial charge in [0.25, 0.3) is 11.1 Å². The summed E-state index contributed by atoms with van der Waals surface area (Å²) in [5, 5.41) is 0.405. The summed E-state index contributed by atoms with van der Waals surface area (Å²) in [6.07, 6.45) is 0. The lowest BCUT2D eigenvalue weighted by Gasteiger charge is -2.12. The standard InChI is InChI=1S/C11H8BrClN2O2/c1-14-10(16)6-7(12)11(17)15(14)9-5-3-2-4-8(9)13/h2-6H,1H3. The van der Waals surface area contributed by atoms with Crippen LogP contribution in [0.3, 0.4) is 0 Å². The van der Waals surface area contributed by atoms with Crippen LogP contribution in [0.25, 0.3) is 5.69 Å². The lowest BCUT2D eigenvalue weighted by Crippen LogP contribution is -2.35. The molecule has 0 atom stereocenters. The van der Waals surface area contributed by atoms with E-state index in [0.717, 1.165) is 0 Å². The van der Waals surface area contributed by atoms with Crippen molar-refractivity contribution in [1.82, 2.24) is 9.36 Å². The number of hydrogen-bond acceptors (Lipinski definition) is 2. The molecule has 0 spiro atoms. The molecule has 0 aliphatic rings. The Hall–Kier alpha value is -1.33. The van der Waals surface area contributed by atoms with Crippen molar-refractivity contribution in [2.45, 2.75) is 0 Å². The fourth-order valence-electron chi connectivity index (χ4n) is 1.49. The van der Waals surface area contributed by atoms with Crippen LogP contribution in [0.4, 0.5) is 0 Å². The van der Waals surface area contributed by atoms with Crippen LogP contribution in [0.5, 0.6) is 0 Å². The highest BCUT2D eigenvalue weighted by molar-refractivity contribution is 9.10. The molecule has 0 aliphatic carbocycles. The topological polar surface area (TPSA) is 44.0 Å². The zero-order chi connectivity index (χ0) is 12.6. The molecule has 0 N–H and O–H groups in total. The molecule has 1 heterocycles. The normalized spacial score (nSPS) is 10.5. The number of benzene rings is 1. The molecule has 0 saturated carbocycles. The minimum atomic E-state index is -0.333. The van der Waals surface area contributed by atoms with Gasteiger partial charge in [0, 0.05) is 13.1 Å². The first-order chi connectivity index (χ1) is 8.02. The van der Waals surface area contributed by atoms with Gasteiger partial charge in [0.05, 0.1) is 15.2 Å². The lowest BCUT2D eigenvalue weighted by molar-refractivity contribution is 0.590. The van der Waals surface area contributed by atoms with E-state index >= 15 is 0 Å². The van der Waals surface area contributed by atoms with Crippen molar-refractivity contribution in [3.8, 4) is 5.69 Å². The molecular weight excluding hydrogens is 307 g/mol. The van der Waals surface area contributed by atoms with Gasteiger partial charge in [0.2, 0.25) is 0 Å². The van der Waals surface area contributed by atoms with Crippen molar-refractivity contribution in [3.05, 3.63) is 60.5 Å². The van der Waals surface area contributed by atoms with Crippen molar-refractivity contribution in [2.24, 2.45) is 7.05 Å². The molecule has 0 fully saturated rings. The van der Waals surface area contributed by atoms with E-state index in [1.165, 1.54) is 22.5 Å². The molecule has 2 aromatic rings. The molecule has 1 aromatic carbocycles. The van der Waals surface area contributed by atoms with Gasteiger partial charge >= 0.3 is 0 Å². The van der Waals surface area contributed by atoms with Gasteiger partial charge in [-0.15, -0.1) is 0 Å². The van der Waals surface area contributed by atoms with Crippen LogP contribution in [0, 0.1) is 0 Å². The highest BCUT2D eigenvalue weighted by Gasteiger charge is 2.11. The van der Waals surface area contributed by atoms with E-state index in [4.69, 9.17) is 11.6 Å². The summed E-state index contributed by atoms with van der Waals surface area (Å²) in [5.41, 5.74) is -0.156. The molecule has 17 heavy (non-hydrogen) atoms. The summed E-state index contributed by atoms with van der Waals surface area (Å²) < 4.78 is 2.66. The second-order valence-corrected chi connectivity index (χ2v) is 4.68. The average molecular weight is 316 g/mol. The third kappa shape index (κ3) is 2.08. The number of halogens is 2. The predicted octanol–water partition coefficient (Wildman–Crippen LogP) is 1.95. The third-order valence-electron chi connectivity index (χ3n) is 2.35. The molecule has 0 saturated heterocycles. The molecule has 4 nitrogen and oxygen atoms in total. The van der Waals surface area contributed by atoms with E-state index in [9.17, 15) is 9.59 Å². The maximum absolute atomic E-state index is 12.0. The molecule has 2 rings (SSSR count). The highest BCUT2D eigenvalue weighted by Crippen LogP contribution is 2.17. The predicted molar refractivity (Wildman–Crippen MR) is 70.0 cm³/mol. The van der Waals surface area contributed by atoms with Gasteiger partial charge in [0.15, 0.2) is 0 Å². The second-order valence-electron chi connectivity index (χ2n) is 3.42. The maximum Gasteiger partial charge on any atom is 0.284 e. The Kier molecular flexibility index (Phi) is 3.22. The van der Waals surface area contributed by atoms with Crippen LogP contribution in [-0.2, 0) is 7.05 Å². The van der Waals surface area contributed by atoms with E-state index in [0.29, 0.717) is 10.7 Å². The van der Waals surface area contributed by atoms with Crippen LogP contribution < -0.4 is 11.1 Å². The average Bonchev–Trinajstić information content (AvgIpc) is 2.29. The van der Waals surface area contributed by atoms with Gasteiger partial charge in [-0.05, 0) is 28.1 Å². The third-order valence-corrected chi connectivity index (χ3v) is 3.23. The van der Waals surface area contributed by atoms with E-state index in [2.05, 4.69) is 15.9 Å². The van der Waals surface area contributed by atoms with Gasteiger partial charge in [0.1, 0.15) is 0 Å². The van der Waals surface area contributed by atoms with E-state index < -0.39 is 0 Å². The summed E-state index contributed by atoms with van der Waals surface area (Å²) in [4.78, 5) is 23.6. The van der Waals surface area contributed by atoms with Crippen molar-refractivity contribution < 1.29 is 0 Å². The van der Waals surface area contributed by atoms with Gasteiger partial charge in [-0.1, -0.05) is 23.7 Å². The fourth-order valence-corrected chi connectivity index (χ4v) is 2.07. The van der Waals surface area contributed by atoms with Crippen LogP contribution >= 0.6 is 27.5 Å². The zero-order valence-corrected chi connectivity index (χ0v) is 11.2. The first-order valence-corrected chi connectivity index (χ1v) is 5.93. The van der Waals surface area contributed by atoms with Crippen LogP contribution in [0.15, 0.2) is 44.4 Å². The summed E-state index contributed by atoms with van der Waals surface area (Å²) in [5.74, 6) is 0. The van der Waals surface area contributed by atoms with E-state index in [1.807, 2.05) is 0 Å². The van der Waals surface area contributed by atoms with E-state index in [1.54, 1.807) is 24.3 Å². The largest absolute Gasteiger partial charge is 0.284 e. The summed E-state index contributed by atoms with van der Waals surface area (Å²) in [6, 6.07) is 8.08. The van der Waals surface area contributed by atoms with Gasteiger partial charge < -0.3 is 0 Å². The highest BCUT2D eigenvalue weighted by atomic mass is 79.9. The molecule has 0 unspecified atom stereocenters. The first-order valence-electron chi connectivity index (χ1n) is 4.76. The van der Waals surface area contributed by atoms with Gasteiger partial charge in [-0.2, -0.15) is 0 Å². The maximum atomic E-state index is 12.0. The van der Waals surface area contributed by atoms with Crippen LogP contribution in [-0.4, -0.2) is 9.36 Å².